The van der Waals surface area contributed by atoms with E-state index in [2.05, 4.69) is 5.32 Å². The molecule has 4 nitrogen and oxygen atoms in total. The molecule has 0 saturated carbocycles. The Morgan fingerprint density at radius 1 is 1.56 bits per heavy atom. The van der Waals surface area contributed by atoms with Crippen molar-refractivity contribution in [2.75, 3.05) is 6.54 Å². The standard InChI is InChI=1S/C11H11NO3S/c13-10(8-1-3-15-6-8)5-12-11(14)9-2-4-16-7-9/h1-4,6-7,10,13H,5H2,(H,12,14). The normalized spacial score (nSPS) is 12.3. The molecular weight excluding hydrogens is 226 g/mol. The predicted molar refractivity (Wildman–Crippen MR) is 60.3 cm³/mol. The number of thiophene rings is 1. The van der Waals surface area contributed by atoms with Crippen molar-refractivity contribution in [3.8, 4) is 0 Å². The van der Waals surface area contributed by atoms with Crippen LogP contribution in [0.2, 0.25) is 0 Å². The van der Waals surface area contributed by atoms with E-state index in [9.17, 15) is 9.90 Å². The minimum atomic E-state index is -0.735. The Morgan fingerprint density at radius 2 is 2.44 bits per heavy atom. The first-order valence-electron chi connectivity index (χ1n) is 4.78. The molecule has 0 bridgehead atoms. The summed E-state index contributed by atoms with van der Waals surface area (Å²) < 4.78 is 4.84. The van der Waals surface area contributed by atoms with Crippen molar-refractivity contribution >= 4 is 17.2 Å². The van der Waals surface area contributed by atoms with Gasteiger partial charge in [-0.1, -0.05) is 0 Å². The summed E-state index contributed by atoms with van der Waals surface area (Å²) >= 11 is 1.46. The molecule has 1 unspecified atom stereocenters. The van der Waals surface area contributed by atoms with Crippen LogP contribution >= 0.6 is 11.3 Å². The van der Waals surface area contributed by atoms with Crippen LogP contribution in [0.5, 0.6) is 0 Å². The maximum absolute atomic E-state index is 11.5. The van der Waals surface area contributed by atoms with Gasteiger partial charge in [0.2, 0.25) is 0 Å². The Morgan fingerprint density at radius 3 is 3.06 bits per heavy atom. The van der Waals surface area contributed by atoms with Gasteiger partial charge in [-0.05, 0) is 17.5 Å². The number of nitrogens with one attached hydrogen (secondary N) is 1. The molecule has 1 amide bonds. The maximum Gasteiger partial charge on any atom is 0.252 e. The largest absolute Gasteiger partial charge is 0.472 e. The summed E-state index contributed by atoms with van der Waals surface area (Å²) in [6, 6.07) is 3.41. The Bertz CT molecular complexity index is 436. The van der Waals surface area contributed by atoms with Crippen LogP contribution in [-0.4, -0.2) is 17.6 Å². The monoisotopic (exact) mass is 237 g/mol. The van der Waals surface area contributed by atoms with Crippen LogP contribution in [0.15, 0.2) is 39.8 Å². The highest BCUT2D eigenvalue weighted by Crippen LogP contribution is 2.12. The molecule has 0 radical (unpaired) electrons. The van der Waals surface area contributed by atoms with E-state index in [0.29, 0.717) is 11.1 Å². The molecule has 1 atom stereocenters. The van der Waals surface area contributed by atoms with E-state index in [0.717, 1.165) is 0 Å². The summed E-state index contributed by atoms with van der Waals surface area (Å²) in [4.78, 5) is 11.5. The third-order valence-electron chi connectivity index (χ3n) is 2.17. The first-order valence-corrected chi connectivity index (χ1v) is 5.72. The molecular formula is C11H11NO3S. The summed E-state index contributed by atoms with van der Waals surface area (Å²) in [5.74, 6) is -0.177. The fourth-order valence-corrected chi connectivity index (χ4v) is 1.90. The topological polar surface area (TPSA) is 62.5 Å². The summed E-state index contributed by atoms with van der Waals surface area (Å²) in [6.07, 6.45) is 2.21. The van der Waals surface area contributed by atoms with Crippen LogP contribution in [0.4, 0.5) is 0 Å². The Kier molecular flexibility index (Phi) is 3.38. The zero-order chi connectivity index (χ0) is 11.4. The summed E-state index contributed by atoms with van der Waals surface area (Å²) in [6.45, 7) is 0.175. The van der Waals surface area contributed by atoms with E-state index in [1.54, 1.807) is 17.5 Å². The van der Waals surface area contributed by atoms with Crippen molar-refractivity contribution < 1.29 is 14.3 Å². The smallest absolute Gasteiger partial charge is 0.252 e. The second-order valence-electron chi connectivity index (χ2n) is 3.29. The first kappa shape index (κ1) is 10.9. The molecule has 0 aliphatic rings. The van der Waals surface area contributed by atoms with Crippen LogP contribution in [-0.2, 0) is 0 Å². The Balaban J connectivity index is 1.86. The fourth-order valence-electron chi connectivity index (χ4n) is 1.27. The van der Waals surface area contributed by atoms with Crippen LogP contribution in [0, 0.1) is 0 Å². The van der Waals surface area contributed by atoms with Crippen LogP contribution < -0.4 is 5.32 Å². The Hall–Kier alpha value is -1.59. The van der Waals surface area contributed by atoms with Gasteiger partial charge in [-0.2, -0.15) is 11.3 Å². The van der Waals surface area contributed by atoms with Gasteiger partial charge in [-0.25, -0.2) is 0 Å². The number of amides is 1. The van der Waals surface area contributed by atoms with Crippen LogP contribution in [0.1, 0.15) is 22.0 Å². The maximum atomic E-state index is 11.5. The van der Waals surface area contributed by atoms with Crippen molar-refractivity contribution in [3.05, 3.63) is 46.5 Å². The molecule has 0 aliphatic carbocycles. The third kappa shape index (κ3) is 2.50. The molecule has 0 aromatic carbocycles. The molecule has 2 heterocycles. The van der Waals surface area contributed by atoms with Gasteiger partial charge < -0.3 is 14.8 Å². The minimum Gasteiger partial charge on any atom is -0.472 e. The van der Waals surface area contributed by atoms with Crippen molar-refractivity contribution in [2.45, 2.75) is 6.10 Å². The fraction of sp³-hybridized carbons (Fsp3) is 0.182. The SMILES string of the molecule is O=C(NCC(O)c1ccoc1)c1ccsc1. The van der Waals surface area contributed by atoms with E-state index in [1.165, 1.54) is 23.9 Å². The lowest BCUT2D eigenvalue weighted by Crippen LogP contribution is -2.27. The number of hydrogen-bond donors (Lipinski definition) is 2. The van der Waals surface area contributed by atoms with E-state index in [4.69, 9.17) is 4.42 Å². The molecule has 2 N–H and O–H groups in total. The molecule has 0 aliphatic heterocycles. The van der Waals surface area contributed by atoms with Crippen molar-refractivity contribution in [1.29, 1.82) is 0 Å². The highest BCUT2D eigenvalue weighted by atomic mass is 32.1. The molecule has 5 heteroatoms. The average molecular weight is 237 g/mol. The molecule has 0 spiro atoms. The van der Waals surface area contributed by atoms with Gasteiger partial charge in [0.15, 0.2) is 0 Å². The van der Waals surface area contributed by atoms with Gasteiger partial charge >= 0.3 is 0 Å². The number of furan rings is 1. The molecule has 2 rings (SSSR count). The lowest BCUT2D eigenvalue weighted by atomic mass is 10.2. The summed E-state index contributed by atoms with van der Waals surface area (Å²) in [5, 5.41) is 15.9. The minimum absolute atomic E-state index is 0.175. The second-order valence-corrected chi connectivity index (χ2v) is 4.07. The van der Waals surface area contributed by atoms with Gasteiger partial charge in [-0.3, -0.25) is 4.79 Å². The molecule has 84 valence electrons. The zero-order valence-corrected chi connectivity index (χ0v) is 9.24. The van der Waals surface area contributed by atoms with Gasteiger partial charge in [0.25, 0.3) is 5.91 Å². The summed E-state index contributed by atoms with van der Waals surface area (Å²) in [5.41, 5.74) is 1.27. The molecule has 0 fully saturated rings. The average Bonchev–Trinajstić information content (AvgIpc) is 2.95. The lowest BCUT2D eigenvalue weighted by Gasteiger charge is -2.09. The number of aliphatic hydroxyl groups is 1. The lowest BCUT2D eigenvalue weighted by molar-refractivity contribution is 0.0916. The highest BCUT2D eigenvalue weighted by Gasteiger charge is 2.11. The van der Waals surface area contributed by atoms with Crippen molar-refractivity contribution in [3.63, 3.8) is 0 Å². The number of rotatable bonds is 4. The summed E-state index contributed by atoms with van der Waals surface area (Å²) in [7, 11) is 0. The number of carbonyl (C=O) groups is 1. The van der Waals surface area contributed by atoms with E-state index in [-0.39, 0.29) is 12.5 Å². The third-order valence-corrected chi connectivity index (χ3v) is 2.85. The van der Waals surface area contributed by atoms with Crippen LogP contribution in [0.25, 0.3) is 0 Å². The van der Waals surface area contributed by atoms with Crippen molar-refractivity contribution in [1.82, 2.24) is 5.32 Å². The first-order chi connectivity index (χ1) is 7.77. The Labute approximate surface area is 96.5 Å². The van der Waals surface area contributed by atoms with Crippen LogP contribution in [0.3, 0.4) is 0 Å². The number of aliphatic hydroxyl groups excluding tert-OH is 1. The molecule has 2 aromatic rings. The van der Waals surface area contributed by atoms with E-state index >= 15 is 0 Å². The second kappa shape index (κ2) is 4.96. The van der Waals surface area contributed by atoms with Gasteiger partial charge in [0, 0.05) is 23.1 Å². The van der Waals surface area contributed by atoms with Crippen molar-refractivity contribution in [2.24, 2.45) is 0 Å². The predicted octanol–water partition coefficient (Wildman–Crippen LogP) is 1.80. The van der Waals surface area contributed by atoms with Gasteiger partial charge in [-0.15, -0.1) is 0 Å². The van der Waals surface area contributed by atoms with Gasteiger partial charge in [0.1, 0.15) is 0 Å². The van der Waals surface area contributed by atoms with Gasteiger partial charge in [0.05, 0.1) is 18.6 Å². The van der Waals surface area contributed by atoms with E-state index < -0.39 is 6.10 Å². The quantitative estimate of drug-likeness (QED) is 0.852. The number of carbonyl (C=O) groups excluding carboxylic acids is 1. The number of hydrogen-bond acceptors (Lipinski definition) is 4. The molecule has 16 heavy (non-hydrogen) atoms. The highest BCUT2D eigenvalue weighted by molar-refractivity contribution is 7.08. The molecule has 0 saturated heterocycles. The molecule has 2 aromatic heterocycles. The zero-order valence-electron chi connectivity index (χ0n) is 8.42. The van der Waals surface area contributed by atoms with E-state index in [1.807, 2.05) is 5.38 Å².